The van der Waals surface area contributed by atoms with Crippen molar-refractivity contribution >= 4 is 41.0 Å². The molecule has 1 saturated heterocycles. The van der Waals surface area contributed by atoms with Gasteiger partial charge in [0.05, 0.1) is 31.9 Å². The van der Waals surface area contributed by atoms with E-state index in [4.69, 9.17) is 19.3 Å². The monoisotopic (exact) mass is 471 g/mol. The lowest BCUT2D eigenvalue weighted by Crippen LogP contribution is -2.26. The molecule has 0 bridgehead atoms. The lowest BCUT2D eigenvalue weighted by Gasteiger charge is -2.11. The highest BCUT2D eigenvalue weighted by molar-refractivity contribution is 8.15. The summed E-state index contributed by atoms with van der Waals surface area (Å²) in [5, 5.41) is 18.6. The van der Waals surface area contributed by atoms with Crippen molar-refractivity contribution < 1.29 is 33.7 Å². The average molecular weight is 471 g/mol. The number of aliphatic carboxylic acids is 1. The molecule has 172 valence electrons. The van der Waals surface area contributed by atoms with Crippen molar-refractivity contribution in [2.75, 3.05) is 13.7 Å². The summed E-state index contributed by atoms with van der Waals surface area (Å²) in [6.45, 7) is 2.15. The van der Waals surface area contributed by atoms with Crippen molar-refractivity contribution in [3.05, 3.63) is 53.6 Å². The first kappa shape index (κ1) is 23.8. The fourth-order valence-electron chi connectivity index (χ4n) is 2.74. The molecule has 0 radical (unpaired) electrons. The van der Waals surface area contributed by atoms with Gasteiger partial charge in [-0.05, 0) is 55.0 Å². The molecule has 3 rings (SSSR count). The van der Waals surface area contributed by atoms with E-state index in [1.807, 2.05) is 0 Å². The molecule has 1 amide bonds. The summed E-state index contributed by atoms with van der Waals surface area (Å²) in [6, 6.07) is 11.4. The van der Waals surface area contributed by atoms with E-state index < -0.39 is 23.1 Å². The minimum atomic E-state index is -1.07. The number of methoxy groups -OCH3 is 1. The average Bonchev–Trinajstić information content (AvgIpc) is 3.13. The topological polar surface area (TPSA) is 136 Å². The Morgan fingerprint density at radius 2 is 1.94 bits per heavy atom. The maximum atomic E-state index is 12.5. The summed E-state index contributed by atoms with van der Waals surface area (Å²) in [6.07, 6.45) is 1.13. The minimum Gasteiger partial charge on any atom is -0.497 e. The van der Waals surface area contributed by atoms with Crippen LogP contribution in [0.3, 0.4) is 0 Å². The molecular formula is C22H21N3O7S. The second kappa shape index (κ2) is 11.1. The molecular weight excluding hydrogens is 450 g/mol. The van der Waals surface area contributed by atoms with Crippen molar-refractivity contribution in [1.82, 2.24) is 5.32 Å². The van der Waals surface area contributed by atoms with Gasteiger partial charge in [0.1, 0.15) is 11.0 Å². The van der Waals surface area contributed by atoms with Crippen molar-refractivity contribution in [2.24, 2.45) is 10.2 Å². The molecule has 1 heterocycles. The maximum absolute atomic E-state index is 12.5. The first-order valence-electron chi connectivity index (χ1n) is 9.83. The summed E-state index contributed by atoms with van der Waals surface area (Å²) in [4.78, 5) is 35.0. The number of ether oxygens (including phenoxy) is 3. The Bertz CT molecular complexity index is 1100. The number of benzene rings is 2. The van der Waals surface area contributed by atoms with E-state index >= 15 is 0 Å². The molecule has 0 spiro atoms. The number of amidine groups is 1. The van der Waals surface area contributed by atoms with Crippen LogP contribution >= 0.6 is 11.8 Å². The zero-order valence-electron chi connectivity index (χ0n) is 17.8. The number of hydrogen-bond acceptors (Lipinski definition) is 9. The zero-order valence-corrected chi connectivity index (χ0v) is 18.6. The number of carboxylic acid groups (broad SMARTS) is 1. The second-order valence-electron chi connectivity index (χ2n) is 6.60. The van der Waals surface area contributed by atoms with Crippen LogP contribution in [0.1, 0.15) is 29.3 Å². The van der Waals surface area contributed by atoms with Gasteiger partial charge in [0.25, 0.3) is 0 Å². The van der Waals surface area contributed by atoms with Gasteiger partial charge in [-0.3, -0.25) is 9.59 Å². The fraction of sp³-hybridized carbons (Fsp3) is 0.227. The highest BCUT2D eigenvalue weighted by Gasteiger charge is 2.32. The van der Waals surface area contributed by atoms with Gasteiger partial charge < -0.3 is 24.6 Å². The summed E-state index contributed by atoms with van der Waals surface area (Å²) >= 11 is 1.01. The van der Waals surface area contributed by atoms with E-state index in [0.717, 1.165) is 11.8 Å². The van der Waals surface area contributed by atoms with Gasteiger partial charge >= 0.3 is 11.9 Å². The molecule has 0 aromatic heterocycles. The van der Waals surface area contributed by atoms with E-state index in [1.165, 1.54) is 13.3 Å². The number of carbonyl (C=O) groups is 3. The van der Waals surface area contributed by atoms with Crippen LogP contribution in [0.4, 0.5) is 0 Å². The number of amides is 1. The Balaban J connectivity index is 1.69. The Hall–Kier alpha value is -3.86. The van der Waals surface area contributed by atoms with Gasteiger partial charge in [0.2, 0.25) is 5.91 Å². The molecule has 10 nitrogen and oxygen atoms in total. The molecule has 1 atom stereocenters. The quantitative estimate of drug-likeness (QED) is 0.247. The first-order valence-corrected chi connectivity index (χ1v) is 10.7. The van der Waals surface area contributed by atoms with Crippen LogP contribution in [0.15, 0.2) is 52.7 Å². The molecule has 2 N–H and O–H groups in total. The molecule has 0 saturated carbocycles. The molecule has 1 fully saturated rings. The Labute approximate surface area is 193 Å². The molecule has 1 aliphatic heterocycles. The van der Waals surface area contributed by atoms with Gasteiger partial charge in [0, 0.05) is 0 Å². The fourth-order valence-corrected chi connectivity index (χ4v) is 3.65. The number of nitrogens with zero attached hydrogens (tertiary/aromatic N) is 2. The molecule has 1 aliphatic rings. The van der Waals surface area contributed by atoms with Crippen molar-refractivity contribution in [2.45, 2.75) is 18.6 Å². The molecule has 2 aromatic carbocycles. The Morgan fingerprint density at radius 1 is 1.18 bits per heavy atom. The van der Waals surface area contributed by atoms with Crippen LogP contribution in [0.2, 0.25) is 0 Å². The number of rotatable bonds is 9. The number of hydrogen-bond donors (Lipinski definition) is 2. The number of esters is 1. The summed E-state index contributed by atoms with van der Waals surface area (Å²) in [7, 11) is 1.54. The summed E-state index contributed by atoms with van der Waals surface area (Å²) in [5.74, 6) is -0.808. The number of carboxylic acids is 1. The smallest absolute Gasteiger partial charge is 0.343 e. The SMILES string of the molecule is CCOc1cc(/C=N\N=C2\NC(=O)[C@H](CC(=O)O)S2)ccc1OC(=O)c1ccc(OC)cc1. The summed E-state index contributed by atoms with van der Waals surface area (Å²) in [5.41, 5.74) is 0.973. The van der Waals surface area contributed by atoms with E-state index in [0.29, 0.717) is 29.2 Å². The molecule has 0 unspecified atom stereocenters. The normalized spacial score (nSPS) is 16.6. The van der Waals surface area contributed by atoms with E-state index in [2.05, 4.69) is 15.5 Å². The summed E-state index contributed by atoms with van der Waals surface area (Å²) < 4.78 is 16.1. The van der Waals surface area contributed by atoms with E-state index in [9.17, 15) is 14.4 Å². The zero-order chi connectivity index (χ0) is 23.8. The second-order valence-corrected chi connectivity index (χ2v) is 7.79. The predicted octanol–water partition coefficient (Wildman–Crippen LogP) is 2.71. The molecule has 0 aliphatic carbocycles. The standard InChI is InChI=1S/C22H21N3O7S/c1-3-31-17-10-13(12-23-25-22-24-20(28)18(33-22)11-19(26)27)4-9-16(17)32-21(29)14-5-7-15(30-2)8-6-14/h4-10,12,18H,3,11H2,1-2H3,(H,26,27)(H,24,25,28)/b23-12-/t18-/m0/s1. The van der Waals surface area contributed by atoms with Gasteiger partial charge in [-0.25, -0.2) is 4.79 Å². The lowest BCUT2D eigenvalue weighted by molar-refractivity contribution is -0.138. The highest BCUT2D eigenvalue weighted by atomic mass is 32.2. The van der Waals surface area contributed by atoms with E-state index in [-0.39, 0.29) is 17.3 Å². The van der Waals surface area contributed by atoms with Crippen LogP contribution in [0.5, 0.6) is 17.2 Å². The third-order valence-corrected chi connectivity index (χ3v) is 5.36. The Morgan fingerprint density at radius 3 is 2.61 bits per heavy atom. The van der Waals surface area contributed by atoms with Crippen molar-refractivity contribution in [3.63, 3.8) is 0 Å². The van der Waals surface area contributed by atoms with Gasteiger partial charge in [-0.2, -0.15) is 5.10 Å². The van der Waals surface area contributed by atoms with E-state index in [1.54, 1.807) is 49.4 Å². The number of nitrogens with one attached hydrogen (secondary N) is 1. The number of carbonyl (C=O) groups excluding carboxylic acids is 2. The van der Waals surface area contributed by atoms with Gasteiger partial charge in [-0.15, -0.1) is 5.10 Å². The van der Waals surface area contributed by atoms with Crippen LogP contribution < -0.4 is 19.5 Å². The molecule has 11 heteroatoms. The molecule has 2 aromatic rings. The minimum absolute atomic E-state index is 0.220. The van der Waals surface area contributed by atoms with Crippen molar-refractivity contribution in [1.29, 1.82) is 0 Å². The van der Waals surface area contributed by atoms with Gasteiger partial charge in [-0.1, -0.05) is 11.8 Å². The molecule has 33 heavy (non-hydrogen) atoms. The number of thioether (sulfide) groups is 1. The van der Waals surface area contributed by atoms with Gasteiger partial charge in [0.15, 0.2) is 16.7 Å². The third-order valence-electron chi connectivity index (χ3n) is 4.29. The Kier molecular flexibility index (Phi) is 8.03. The van der Waals surface area contributed by atoms with Crippen LogP contribution in [0, 0.1) is 0 Å². The van der Waals surface area contributed by atoms with Crippen LogP contribution in [0.25, 0.3) is 0 Å². The lowest BCUT2D eigenvalue weighted by atomic mass is 10.2. The largest absolute Gasteiger partial charge is 0.497 e. The predicted molar refractivity (Wildman–Crippen MR) is 122 cm³/mol. The van der Waals surface area contributed by atoms with Crippen molar-refractivity contribution in [3.8, 4) is 17.2 Å². The van der Waals surface area contributed by atoms with Crippen LogP contribution in [-0.2, 0) is 9.59 Å². The third kappa shape index (κ3) is 6.56. The first-order chi connectivity index (χ1) is 15.9. The maximum Gasteiger partial charge on any atom is 0.343 e. The highest BCUT2D eigenvalue weighted by Crippen LogP contribution is 2.29. The van der Waals surface area contributed by atoms with Crippen LogP contribution in [-0.4, -0.2) is 53.3 Å².